The molecule has 3 aromatic rings. The quantitative estimate of drug-likeness (QED) is 0.701. The first-order valence-corrected chi connectivity index (χ1v) is 5.86. The predicted molar refractivity (Wildman–Crippen MR) is 68.6 cm³/mol. The lowest BCUT2D eigenvalue weighted by Crippen LogP contribution is -2.11. The molecule has 2 heterocycles. The van der Waals surface area contributed by atoms with E-state index in [4.69, 9.17) is 9.15 Å². The van der Waals surface area contributed by atoms with Gasteiger partial charge in [0.2, 0.25) is 0 Å². The number of aromatic amines is 1. The fourth-order valence-corrected chi connectivity index (χ4v) is 1.98. The summed E-state index contributed by atoms with van der Waals surface area (Å²) in [6.45, 7) is 3.64. The van der Waals surface area contributed by atoms with Crippen LogP contribution in [0.5, 0.6) is 0 Å². The highest BCUT2D eigenvalue weighted by Crippen LogP contribution is 2.28. The maximum absolute atomic E-state index is 11.8. The lowest BCUT2D eigenvalue weighted by atomic mass is 10.2. The molecule has 1 aromatic carbocycles. The Hall–Kier alpha value is -2.23. The van der Waals surface area contributed by atoms with E-state index in [1.165, 1.54) is 0 Å². The van der Waals surface area contributed by atoms with Gasteiger partial charge in [0.1, 0.15) is 11.3 Å². The fraction of sp³-hybridized carbons (Fsp3) is 0.214. The van der Waals surface area contributed by atoms with Gasteiger partial charge in [0.15, 0.2) is 5.58 Å². The molecule has 0 radical (unpaired) electrons. The van der Waals surface area contributed by atoms with Crippen LogP contribution in [0.25, 0.3) is 22.1 Å². The Morgan fingerprint density at radius 2 is 2.06 bits per heavy atom. The van der Waals surface area contributed by atoms with Crippen molar-refractivity contribution in [1.29, 1.82) is 0 Å². The van der Waals surface area contributed by atoms with E-state index in [1.54, 1.807) is 6.07 Å². The van der Waals surface area contributed by atoms with Crippen molar-refractivity contribution < 1.29 is 13.9 Å². The molecule has 18 heavy (non-hydrogen) atoms. The molecule has 4 heteroatoms. The first-order valence-electron chi connectivity index (χ1n) is 5.86. The summed E-state index contributed by atoms with van der Waals surface area (Å²) < 4.78 is 10.8. The average Bonchev–Trinajstić information content (AvgIpc) is 2.84. The van der Waals surface area contributed by atoms with Crippen LogP contribution in [0.3, 0.4) is 0 Å². The van der Waals surface area contributed by atoms with Crippen molar-refractivity contribution in [2.45, 2.75) is 20.0 Å². The van der Waals surface area contributed by atoms with Crippen LogP contribution in [0.2, 0.25) is 0 Å². The number of ether oxygens (including phenoxy) is 1. The zero-order valence-electron chi connectivity index (χ0n) is 10.2. The number of benzene rings is 1. The first kappa shape index (κ1) is 10.9. The van der Waals surface area contributed by atoms with Crippen LogP contribution in [0.15, 0.2) is 34.7 Å². The molecule has 0 saturated heterocycles. The summed E-state index contributed by atoms with van der Waals surface area (Å²) in [5.74, 6) is -0.361. The van der Waals surface area contributed by atoms with Gasteiger partial charge in [-0.15, -0.1) is 0 Å². The van der Waals surface area contributed by atoms with E-state index in [9.17, 15) is 4.79 Å². The average molecular weight is 243 g/mol. The minimum atomic E-state index is -0.361. The number of esters is 1. The van der Waals surface area contributed by atoms with Gasteiger partial charge in [-0.2, -0.15) is 0 Å². The van der Waals surface area contributed by atoms with Crippen LogP contribution in [0, 0.1) is 0 Å². The zero-order chi connectivity index (χ0) is 12.7. The Morgan fingerprint density at radius 3 is 2.83 bits per heavy atom. The molecule has 0 amide bonds. The van der Waals surface area contributed by atoms with Gasteiger partial charge in [-0.3, -0.25) is 0 Å². The Kier molecular flexibility index (Phi) is 2.37. The molecular weight excluding hydrogens is 230 g/mol. The van der Waals surface area contributed by atoms with Crippen molar-refractivity contribution in [3.05, 3.63) is 36.0 Å². The number of carbonyl (C=O) groups excluding carboxylic acids is 1. The molecule has 0 bridgehead atoms. The largest absolute Gasteiger partial charge is 0.458 e. The van der Waals surface area contributed by atoms with E-state index < -0.39 is 0 Å². The zero-order valence-corrected chi connectivity index (χ0v) is 10.2. The lowest BCUT2D eigenvalue weighted by molar-refractivity contribution is 0.0372. The summed E-state index contributed by atoms with van der Waals surface area (Å²) in [4.78, 5) is 14.8. The van der Waals surface area contributed by atoms with Gasteiger partial charge in [-0.25, -0.2) is 4.79 Å². The van der Waals surface area contributed by atoms with Gasteiger partial charge in [0.05, 0.1) is 11.6 Å². The van der Waals surface area contributed by atoms with E-state index in [1.807, 2.05) is 38.1 Å². The third-order valence-corrected chi connectivity index (χ3v) is 2.72. The number of aromatic nitrogens is 1. The molecule has 0 atom stereocenters. The topological polar surface area (TPSA) is 55.2 Å². The highest BCUT2D eigenvalue weighted by atomic mass is 16.5. The second-order valence-electron chi connectivity index (χ2n) is 4.47. The van der Waals surface area contributed by atoms with Gasteiger partial charge in [0.25, 0.3) is 0 Å². The van der Waals surface area contributed by atoms with Crippen molar-refractivity contribution in [2.75, 3.05) is 0 Å². The number of fused-ring (bicyclic) bond motifs is 3. The third-order valence-electron chi connectivity index (χ3n) is 2.72. The summed E-state index contributed by atoms with van der Waals surface area (Å²) in [5, 5.41) is 0.969. The van der Waals surface area contributed by atoms with Crippen molar-refractivity contribution in [2.24, 2.45) is 0 Å². The van der Waals surface area contributed by atoms with Crippen LogP contribution in [0.4, 0.5) is 0 Å². The number of nitrogens with one attached hydrogen (secondary N) is 1. The Labute approximate surface area is 104 Å². The van der Waals surface area contributed by atoms with Crippen molar-refractivity contribution >= 4 is 28.0 Å². The third kappa shape index (κ3) is 1.66. The number of hydrogen-bond donors (Lipinski definition) is 1. The number of furan rings is 1. The van der Waals surface area contributed by atoms with Crippen LogP contribution in [0.1, 0.15) is 24.3 Å². The summed E-state index contributed by atoms with van der Waals surface area (Å²) in [5.41, 5.74) is 2.74. The minimum absolute atomic E-state index is 0.135. The number of hydrogen-bond acceptors (Lipinski definition) is 3. The molecule has 0 fully saturated rings. The summed E-state index contributed by atoms with van der Waals surface area (Å²) in [6, 6.07) is 9.38. The lowest BCUT2D eigenvalue weighted by Gasteiger charge is -2.05. The second-order valence-corrected chi connectivity index (χ2v) is 4.47. The molecule has 0 unspecified atom stereocenters. The van der Waals surface area contributed by atoms with E-state index in [0.29, 0.717) is 11.3 Å². The Balaban J connectivity index is 2.09. The molecule has 0 aliphatic heterocycles. The number of carbonyl (C=O) groups is 1. The highest BCUT2D eigenvalue weighted by molar-refractivity contribution is 6.05. The molecule has 92 valence electrons. The maximum atomic E-state index is 11.8. The normalized spacial score (nSPS) is 11.5. The summed E-state index contributed by atoms with van der Waals surface area (Å²) >= 11 is 0. The van der Waals surface area contributed by atoms with Crippen molar-refractivity contribution in [3.63, 3.8) is 0 Å². The first-order chi connectivity index (χ1) is 8.65. The summed E-state index contributed by atoms with van der Waals surface area (Å²) in [6.07, 6.45) is -0.135. The monoisotopic (exact) mass is 243 g/mol. The smallest absolute Gasteiger partial charge is 0.355 e. The number of rotatable bonds is 2. The van der Waals surface area contributed by atoms with Gasteiger partial charge >= 0.3 is 5.97 Å². The molecular formula is C14H13NO3. The Bertz CT molecular complexity index is 721. The second kappa shape index (κ2) is 3.91. The van der Waals surface area contributed by atoms with Crippen LogP contribution in [-0.4, -0.2) is 17.1 Å². The van der Waals surface area contributed by atoms with Crippen LogP contribution >= 0.6 is 0 Å². The molecule has 2 aromatic heterocycles. The minimum Gasteiger partial charge on any atom is -0.458 e. The van der Waals surface area contributed by atoms with E-state index >= 15 is 0 Å². The SMILES string of the molecule is CC(C)OC(=O)c1cc2oc3ccccc3c2[nH]1. The van der Waals surface area contributed by atoms with E-state index in [0.717, 1.165) is 16.5 Å². The van der Waals surface area contributed by atoms with Crippen molar-refractivity contribution in [1.82, 2.24) is 4.98 Å². The van der Waals surface area contributed by atoms with Crippen LogP contribution < -0.4 is 0 Å². The number of H-pyrrole nitrogens is 1. The summed E-state index contributed by atoms with van der Waals surface area (Å²) in [7, 11) is 0. The standard InChI is InChI=1S/C14H13NO3/c1-8(2)17-14(16)10-7-12-13(15-10)9-5-3-4-6-11(9)18-12/h3-8,15H,1-2H3. The van der Waals surface area contributed by atoms with Gasteiger partial charge in [-0.05, 0) is 26.0 Å². The van der Waals surface area contributed by atoms with Crippen molar-refractivity contribution in [3.8, 4) is 0 Å². The van der Waals surface area contributed by atoms with Gasteiger partial charge in [-0.1, -0.05) is 12.1 Å². The molecule has 0 spiro atoms. The van der Waals surface area contributed by atoms with E-state index in [-0.39, 0.29) is 12.1 Å². The number of para-hydroxylation sites is 1. The molecule has 4 nitrogen and oxygen atoms in total. The Morgan fingerprint density at radius 1 is 1.28 bits per heavy atom. The molecule has 0 saturated carbocycles. The maximum Gasteiger partial charge on any atom is 0.355 e. The highest BCUT2D eigenvalue weighted by Gasteiger charge is 2.16. The van der Waals surface area contributed by atoms with Gasteiger partial charge < -0.3 is 14.1 Å². The molecule has 3 rings (SSSR count). The van der Waals surface area contributed by atoms with Gasteiger partial charge in [0, 0.05) is 11.5 Å². The van der Waals surface area contributed by atoms with Crippen LogP contribution in [-0.2, 0) is 4.74 Å². The molecule has 0 aliphatic carbocycles. The van der Waals surface area contributed by atoms with E-state index in [2.05, 4.69) is 4.98 Å². The molecule has 1 N–H and O–H groups in total. The molecule has 0 aliphatic rings. The fourth-order valence-electron chi connectivity index (χ4n) is 1.98. The predicted octanol–water partition coefficient (Wildman–Crippen LogP) is 3.48.